The SMILES string of the molecule is COCCn1cc(C)nc1NC1CN2CCC1CC2. The largest absolute Gasteiger partial charge is 0.383 e. The Bertz CT molecular complexity index is 423. The first-order chi connectivity index (χ1) is 9.26. The van der Waals surface area contributed by atoms with E-state index in [4.69, 9.17) is 4.74 Å². The number of nitrogens with zero attached hydrogens (tertiary/aromatic N) is 3. The lowest BCUT2D eigenvalue weighted by Crippen LogP contribution is -2.53. The molecule has 3 aliphatic heterocycles. The summed E-state index contributed by atoms with van der Waals surface area (Å²) in [5, 5.41) is 3.67. The number of hydrogen-bond donors (Lipinski definition) is 1. The van der Waals surface area contributed by atoms with Crippen LogP contribution in [0.5, 0.6) is 0 Å². The van der Waals surface area contributed by atoms with E-state index < -0.39 is 0 Å². The highest BCUT2D eigenvalue weighted by molar-refractivity contribution is 5.31. The van der Waals surface area contributed by atoms with E-state index in [1.165, 1.54) is 32.5 Å². The lowest BCUT2D eigenvalue weighted by atomic mass is 9.84. The molecule has 3 saturated heterocycles. The zero-order chi connectivity index (χ0) is 13.2. The van der Waals surface area contributed by atoms with Gasteiger partial charge in [0, 0.05) is 32.4 Å². The minimum Gasteiger partial charge on any atom is -0.383 e. The van der Waals surface area contributed by atoms with Gasteiger partial charge in [-0.1, -0.05) is 0 Å². The molecule has 3 aliphatic rings. The topological polar surface area (TPSA) is 42.3 Å². The third-order valence-corrected chi connectivity index (χ3v) is 4.40. The summed E-state index contributed by atoms with van der Waals surface area (Å²) in [7, 11) is 1.74. The number of methoxy groups -OCH3 is 1. The van der Waals surface area contributed by atoms with Crippen LogP contribution in [-0.2, 0) is 11.3 Å². The number of aromatic nitrogens is 2. The molecule has 3 fully saturated rings. The van der Waals surface area contributed by atoms with Crippen LogP contribution in [0.3, 0.4) is 0 Å². The number of imidazole rings is 1. The maximum Gasteiger partial charge on any atom is 0.203 e. The Balaban J connectivity index is 1.68. The molecule has 1 aromatic rings. The summed E-state index contributed by atoms with van der Waals surface area (Å²) in [5.41, 5.74) is 1.07. The van der Waals surface area contributed by atoms with Gasteiger partial charge in [0.15, 0.2) is 0 Å². The fraction of sp³-hybridized carbons (Fsp3) is 0.786. The van der Waals surface area contributed by atoms with Crippen LogP contribution in [0.1, 0.15) is 18.5 Å². The number of nitrogens with one attached hydrogen (secondary N) is 1. The van der Waals surface area contributed by atoms with Crippen LogP contribution in [0.25, 0.3) is 0 Å². The van der Waals surface area contributed by atoms with Gasteiger partial charge in [-0.3, -0.25) is 0 Å². The molecule has 1 N–H and O–H groups in total. The van der Waals surface area contributed by atoms with Gasteiger partial charge < -0.3 is 19.5 Å². The number of ether oxygens (including phenoxy) is 1. The van der Waals surface area contributed by atoms with Gasteiger partial charge in [-0.05, 0) is 38.8 Å². The highest BCUT2D eigenvalue weighted by Gasteiger charge is 2.34. The van der Waals surface area contributed by atoms with Crippen molar-refractivity contribution >= 4 is 5.95 Å². The Labute approximate surface area is 114 Å². The lowest BCUT2D eigenvalue weighted by molar-refractivity contribution is 0.0969. The van der Waals surface area contributed by atoms with Gasteiger partial charge in [0.2, 0.25) is 5.95 Å². The van der Waals surface area contributed by atoms with Crippen molar-refractivity contribution in [3.63, 3.8) is 0 Å². The predicted molar refractivity (Wildman–Crippen MR) is 75.4 cm³/mol. The van der Waals surface area contributed by atoms with Crippen LogP contribution < -0.4 is 5.32 Å². The average Bonchev–Trinajstić information content (AvgIpc) is 2.78. The van der Waals surface area contributed by atoms with Crippen LogP contribution in [0.2, 0.25) is 0 Å². The third kappa shape index (κ3) is 2.77. The molecule has 1 aromatic heterocycles. The van der Waals surface area contributed by atoms with E-state index in [0.29, 0.717) is 6.04 Å². The number of hydrogen-bond acceptors (Lipinski definition) is 4. The van der Waals surface area contributed by atoms with Crippen molar-refractivity contribution in [3.05, 3.63) is 11.9 Å². The van der Waals surface area contributed by atoms with E-state index in [2.05, 4.69) is 26.0 Å². The second-order valence-electron chi connectivity index (χ2n) is 5.78. The van der Waals surface area contributed by atoms with E-state index in [0.717, 1.165) is 30.7 Å². The number of piperidine rings is 3. The van der Waals surface area contributed by atoms with E-state index in [-0.39, 0.29) is 0 Å². The van der Waals surface area contributed by atoms with Crippen LogP contribution in [0, 0.1) is 12.8 Å². The molecule has 5 heteroatoms. The number of aryl methyl sites for hydroxylation is 1. The highest BCUT2D eigenvalue weighted by atomic mass is 16.5. The standard InChI is InChI=1S/C14H24N4O/c1-11-9-18(7-8-19-2)14(15-11)16-13-10-17-5-3-12(13)4-6-17/h9,12-13H,3-8,10H2,1-2H3,(H,15,16). The van der Waals surface area contributed by atoms with Crippen LogP contribution in [0.15, 0.2) is 6.20 Å². The number of fused-ring (bicyclic) bond motifs is 3. The van der Waals surface area contributed by atoms with E-state index in [9.17, 15) is 0 Å². The van der Waals surface area contributed by atoms with Gasteiger partial charge in [0.25, 0.3) is 0 Å². The number of anilines is 1. The fourth-order valence-corrected chi connectivity index (χ4v) is 3.32. The average molecular weight is 264 g/mol. The first-order valence-electron chi connectivity index (χ1n) is 7.28. The Morgan fingerprint density at radius 3 is 2.84 bits per heavy atom. The zero-order valence-electron chi connectivity index (χ0n) is 11.9. The van der Waals surface area contributed by atoms with Gasteiger partial charge in [0.1, 0.15) is 0 Å². The van der Waals surface area contributed by atoms with Gasteiger partial charge >= 0.3 is 0 Å². The minimum atomic E-state index is 0.561. The molecule has 1 atom stereocenters. The maximum atomic E-state index is 5.16. The smallest absolute Gasteiger partial charge is 0.203 e. The van der Waals surface area contributed by atoms with Crippen molar-refractivity contribution in [1.82, 2.24) is 14.5 Å². The van der Waals surface area contributed by atoms with Crippen molar-refractivity contribution in [2.75, 3.05) is 38.7 Å². The summed E-state index contributed by atoms with van der Waals surface area (Å²) < 4.78 is 7.34. The highest BCUT2D eigenvalue weighted by Crippen LogP contribution is 2.29. The Hall–Kier alpha value is -1.07. The summed E-state index contributed by atoms with van der Waals surface area (Å²) in [5.74, 6) is 1.83. The second-order valence-corrected chi connectivity index (χ2v) is 5.78. The summed E-state index contributed by atoms with van der Waals surface area (Å²) in [6.07, 6.45) is 4.76. The van der Waals surface area contributed by atoms with Gasteiger partial charge in [-0.15, -0.1) is 0 Å². The quantitative estimate of drug-likeness (QED) is 0.871. The molecule has 0 spiro atoms. The van der Waals surface area contributed by atoms with Gasteiger partial charge in [-0.2, -0.15) is 0 Å². The van der Waals surface area contributed by atoms with Crippen molar-refractivity contribution < 1.29 is 4.74 Å². The first-order valence-corrected chi connectivity index (χ1v) is 7.28. The predicted octanol–water partition coefficient (Wildman–Crippen LogP) is 1.34. The van der Waals surface area contributed by atoms with E-state index in [1.807, 2.05) is 6.92 Å². The van der Waals surface area contributed by atoms with Crippen molar-refractivity contribution in [2.45, 2.75) is 32.4 Å². The zero-order valence-corrected chi connectivity index (χ0v) is 11.9. The molecule has 0 amide bonds. The number of rotatable bonds is 5. The molecular formula is C14H24N4O. The molecule has 2 bridgehead atoms. The molecule has 0 aliphatic carbocycles. The normalized spacial score (nSPS) is 29.7. The second kappa shape index (κ2) is 5.51. The monoisotopic (exact) mass is 264 g/mol. The van der Waals surface area contributed by atoms with E-state index in [1.54, 1.807) is 7.11 Å². The summed E-state index contributed by atoms with van der Waals surface area (Å²) in [4.78, 5) is 7.18. The molecule has 106 valence electrons. The molecular weight excluding hydrogens is 240 g/mol. The molecule has 19 heavy (non-hydrogen) atoms. The molecule has 4 heterocycles. The molecule has 4 rings (SSSR count). The molecule has 0 saturated carbocycles. The van der Waals surface area contributed by atoms with Gasteiger partial charge in [0.05, 0.1) is 12.3 Å². The Morgan fingerprint density at radius 2 is 2.21 bits per heavy atom. The lowest BCUT2D eigenvalue weighted by Gasteiger charge is -2.45. The fourth-order valence-electron chi connectivity index (χ4n) is 3.32. The first kappa shape index (κ1) is 12.9. The van der Waals surface area contributed by atoms with Crippen molar-refractivity contribution in [3.8, 4) is 0 Å². The van der Waals surface area contributed by atoms with Crippen LogP contribution in [-0.4, -0.2) is 53.8 Å². The Morgan fingerprint density at radius 1 is 1.42 bits per heavy atom. The summed E-state index contributed by atoms with van der Waals surface area (Å²) in [6, 6.07) is 0.561. The summed E-state index contributed by atoms with van der Waals surface area (Å²) in [6.45, 7) is 7.36. The summed E-state index contributed by atoms with van der Waals surface area (Å²) >= 11 is 0. The van der Waals surface area contributed by atoms with Crippen LogP contribution >= 0.6 is 0 Å². The van der Waals surface area contributed by atoms with E-state index >= 15 is 0 Å². The third-order valence-electron chi connectivity index (χ3n) is 4.40. The molecule has 0 radical (unpaired) electrons. The Kier molecular flexibility index (Phi) is 3.75. The van der Waals surface area contributed by atoms with Crippen molar-refractivity contribution in [1.29, 1.82) is 0 Å². The van der Waals surface area contributed by atoms with Gasteiger partial charge in [-0.25, -0.2) is 4.98 Å². The maximum absolute atomic E-state index is 5.16. The molecule has 5 nitrogen and oxygen atoms in total. The minimum absolute atomic E-state index is 0.561. The molecule has 0 aromatic carbocycles. The molecule has 1 unspecified atom stereocenters. The van der Waals surface area contributed by atoms with Crippen LogP contribution in [0.4, 0.5) is 5.95 Å². The van der Waals surface area contributed by atoms with Crippen molar-refractivity contribution in [2.24, 2.45) is 5.92 Å².